The summed E-state index contributed by atoms with van der Waals surface area (Å²) in [7, 11) is 3.16. The van der Waals surface area contributed by atoms with Crippen molar-refractivity contribution >= 4 is 17.7 Å². The first-order chi connectivity index (χ1) is 15.2. The van der Waals surface area contributed by atoms with Crippen LogP contribution in [0.2, 0.25) is 0 Å². The number of hydrogen-bond acceptors (Lipinski definition) is 4. The van der Waals surface area contributed by atoms with Crippen LogP contribution in [0.15, 0.2) is 47.4 Å². The normalized spacial score (nSPS) is 24.3. The number of aromatic nitrogens is 1. The molecular formula is C26H32N2O4. The molecule has 1 amide bonds. The lowest BCUT2D eigenvalue weighted by Crippen LogP contribution is -2.45. The number of methoxy groups -OCH3 is 2. The van der Waals surface area contributed by atoms with Gasteiger partial charge in [-0.2, -0.15) is 0 Å². The third-order valence-electron chi connectivity index (χ3n) is 7.33. The number of fused-ring (bicyclic) bond motifs is 2. The maximum atomic E-state index is 13.9. The summed E-state index contributed by atoms with van der Waals surface area (Å²) < 4.78 is 12.2. The number of ether oxygens (including phenoxy) is 2. The van der Waals surface area contributed by atoms with Crippen molar-refractivity contribution in [2.75, 3.05) is 20.8 Å². The number of nitrogens with zero attached hydrogens (tertiary/aromatic N) is 2. The molecule has 6 heteroatoms. The number of benzene rings is 1. The molecule has 170 valence electrons. The van der Waals surface area contributed by atoms with Crippen LogP contribution in [0.3, 0.4) is 0 Å². The summed E-state index contributed by atoms with van der Waals surface area (Å²) in [5.74, 6) is 1.97. The Labute approximate surface area is 189 Å². The summed E-state index contributed by atoms with van der Waals surface area (Å²) >= 11 is 0. The lowest BCUT2D eigenvalue weighted by atomic mass is 9.65. The molecule has 0 N–H and O–H groups in total. The van der Waals surface area contributed by atoms with Gasteiger partial charge < -0.3 is 14.4 Å². The van der Waals surface area contributed by atoms with Crippen LogP contribution in [-0.2, 0) is 4.79 Å². The minimum Gasteiger partial charge on any atom is -0.493 e. The molecule has 2 aliphatic rings. The molecule has 2 fully saturated rings. The second-order valence-electron chi connectivity index (χ2n) is 9.66. The first-order valence-electron chi connectivity index (χ1n) is 11.2. The fourth-order valence-corrected chi connectivity index (χ4v) is 5.37. The van der Waals surface area contributed by atoms with Gasteiger partial charge in [0.2, 0.25) is 0 Å². The van der Waals surface area contributed by atoms with E-state index in [1.54, 1.807) is 44.7 Å². The van der Waals surface area contributed by atoms with Gasteiger partial charge in [-0.25, -0.2) is 0 Å². The van der Waals surface area contributed by atoms with Crippen LogP contribution in [0.4, 0.5) is 0 Å². The van der Waals surface area contributed by atoms with Gasteiger partial charge in [-0.3, -0.25) is 14.2 Å². The molecule has 1 aromatic heterocycles. The highest BCUT2D eigenvalue weighted by Crippen LogP contribution is 2.49. The van der Waals surface area contributed by atoms with Crippen LogP contribution in [0, 0.1) is 17.3 Å². The molecule has 3 atom stereocenters. The average Bonchev–Trinajstić information content (AvgIpc) is 3.15. The van der Waals surface area contributed by atoms with Gasteiger partial charge >= 0.3 is 0 Å². The van der Waals surface area contributed by atoms with Crippen molar-refractivity contribution < 1.29 is 14.3 Å². The Morgan fingerprint density at radius 2 is 1.88 bits per heavy atom. The Balaban J connectivity index is 1.78. The van der Waals surface area contributed by atoms with Gasteiger partial charge in [0.1, 0.15) is 5.70 Å². The average molecular weight is 437 g/mol. The van der Waals surface area contributed by atoms with E-state index >= 15 is 0 Å². The zero-order chi connectivity index (χ0) is 23.0. The first kappa shape index (κ1) is 22.2. The summed E-state index contributed by atoms with van der Waals surface area (Å²) in [6.07, 6.45) is 5.57. The third-order valence-corrected chi connectivity index (χ3v) is 7.33. The first-order valence-corrected chi connectivity index (χ1v) is 11.2. The van der Waals surface area contributed by atoms with Crippen molar-refractivity contribution in [2.24, 2.45) is 17.3 Å². The molecule has 1 aliphatic carbocycles. The molecule has 0 radical (unpaired) electrons. The summed E-state index contributed by atoms with van der Waals surface area (Å²) in [5, 5.41) is 0. The fourth-order valence-electron chi connectivity index (χ4n) is 5.37. The molecule has 1 saturated heterocycles. The molecular weight excluding hydrogens is 404 g/mol. The Bertz CT molecular complexity index is 1100. The molecule has 3 unspecified atom stereocenters. The van der Waals surface area contributed by atoms with Gasteiger partial charge in [0.05, 0.1) is 14.2 Å². The van der Waals surface area contributed by atoms with Crippen molar-refractivity contribution in [2.45, 2.75) is 39.7 Å². The summed E-state index contributed by atoms with van der Waals surface area (Å²) in [6, 6.07) is 10.6. The molecule has 1 saturated carbocycles. The summed E-state index contributed by atoms with van der Waals surface area (Å²) in [6.45, 7) is 7.58. The Kier molecular flexibility index (Phi) is 5.89. The van der Waals surface area contributed by atoms with Gasteiger partial charge in [0.25, 0.3) is 11.5 Å². The Morgan fingerprint density at radius 3 is 2.56 bits per heavy atom. The van der Waals surface area contributed by atoms with Crippen LogP contribution >= 0.6 is 0 Å². The Morgan fingerprint density at radius 1 is 1.12 bits per heavy atom. The number of likely N-dealkylation sites (tertiary alicyclic amines) is 1. The predicted octanol–water partition coefficient (Wildman–Crippen LogP) is 4.15. The number of hydrogen-bond donors (Lipinski definition) is 0. The molecule has 0 spiro atoms. The minimum absolute atomic E-state index is 0.106. The number of amides is 1. The molecule has 32 heavy (non-hydrogen) atoms. The van der Waals surface area contributed by atoms with E-state index in [1.807, 2.05) is 17.0 Å². The van der Waals surface area contributed by atoms with E-state index in [4.69, 9.17) is 9.47 Å². The van der Waals surface area contributed by atoms with E-state index in [9.17, 15) is 9.59 Å². The lowest BCUT2D eigenvalue weighted by molar-refractivity contribution is -0.127. The van der Waals surface area contributed by atoms with Crippen molar-refractivity contribution in [1.82, 2.24) is 9.47 Å². The van der Waals surface area contributed by atoms with Crippen LogP contribution in [0.1, 0.15) is 39.2 Å². The third kappa shape index (κ3) is 3.94. The standard InChI is InChI=1S/C26H32N2O4/c1-17-20-13-19(15-26(17,2)3)16-28(20)25(30)21(27-11-7-6-8-24(27)29)12-18-9-10-22(31-4)23(14-18)32-5/h6-12,14,17,19-20H,13,15-16H2,1-5H3/b21-12+. The van der Waals surface area contributed by atoms with Gasteiger partial charge in [-0.05, 0) is 59.9 Å². The summed E-state index contributed by atoms with van der Waals surface area (Å²) in [5.41, 5.74) is 1.07. The second kappa shape index (κ2) is 8.49. The van der Waals surface area contributed by atoms with Crippen molar-refractivity contribution in [3.05, 3.63) is 58.5 Å². The smallest absolute Gasteiger partial charge is 0.271 e. The van der Waals surface area contributed by atoms with Gasteiger partial charge in [0, 0.05) is 24.8 Å². The summed E-state index contributed by atoms with van der Waals surface area (Å²) in [4.78, 5) is 28.6. The van der Waals surface area contributed by atoms with Crippen LogP contribution in [0.25, 0.3) is 11.8 Å². The second-order valence-corrected chi connectivity index (χ2v) is 9.66. The zero-order valence-electron chi connectivity index (χ0n) is 19.5. The molecule has 4 rings (SSSR count). The fraction of sp³-hybridized carbons (Fsp3) is 0.462. The number of pyridine rings is 1. The van der Waals surface area contributed by atoms with Gasteiger partial charge in [-0.1, -0.05) is 32.9 Å². The maximum Gasteiger partial charge on any atom is 0.271 e. The van der Waals surface area contributed by atoms with Crippen molar-refractivity contribution in [3.63, 3.8) is 0 Å². The Hall–Kier alpha value is -3.02. The topological polar surface area (TPSA) is 60.8 Å². The minimum atomic E-state index is -0.233. The highest BCUT2D eigenvalue weighted by molar-refractivity contribution is 6.18. The van der Waals surface area contributed by atoms with Crippen LogP contribution < -0.4 is 15.0 Å². The van der Waals surface area contributed by atoms with E-state index in [0.717, 1.165) is 24.9 Å². The largest absolute Gasteiger partial charge is 0.493 e. The monoisotopic (exact) mass is 436 g/mol. The number of rotatable bonds is 5. The highest BCUT2D eigenvalue weighted by Gasteiger charge is 2.49. The van der Waals surface area contributed by atoms with Crippen LogP contribution in [0.5, 0.6) is 11.5 Å². The SMILES string of the molecule is COc1ccc(/C=C(\C(=O)N2CC3CC2C(C)C(C)(C)C3)n2ccccc2=O)cc1OC. The number of carbonyl (C=O) groups is 1. The van der Waals surface area contributed by atoms with Gasteiger partial charge in [-0.15, -0.1) is 0 Å². The maximum absolute atomic E-state index is 13.9. The van der Waals surface area contributed by atoms with Crippen LogP contribution in [-0.4, -0.2) is 42.2 Å². The van der Waals surface area contributed by atoms with Crippen molar-refractivity contribution in [3.8, 4) is 11.5 Å². The molecule has 2 heterocycles. The molecule has 1 aliphatic heterocycles. The zero-order valence-corrected chi connectivity index (χ0v) is 19.5. The quantitative estimate of drug-likeness (QED) is 0.661. The molecule has 6 nitrogen and oxygen atoms in total. The lowest BCUT2D eigenvalue weighted by Gasteiger charge is -2.42. The molecule has 1 aromatic carbocycles. The van der Waals surface area contributed by atoms with E-state index in [1.165, 1.54) is 10.6 Å². The van der Waals surface area contributed by atoms with Crippen molar-refractivity contribution in [1.29, 1.82) is 0 Å². The van der Waals surface area contributed by atoms with E-state index < -0.39 is 0 Å². The highest BCUT2D eigenvalue weighted by atomic mass is 16.5. The number of carbonyl (C=O) groups excluding carboxylic acids is 1. The van der Waals surface area contributed by atoms with E-state index in [2.05, 4.69) is 20.8 Å². The van der Waals surface area contributed by atoms with E-state index in [-0.39, 0.29) is 22.9 Å². The predicted molar refractivity (Wildman–Crippen MR) is 126 cm³/mol. The molecule has 2 bridgehead atoms. The van der Waals surface area contributed by atoms with Gasteiger partial charge in [0.15, 0.2) is 11.5 Å². The molecule has 2 aromatic rings. The van der Waals surface area contributed by atoms with E-state index in [0.29, 0.717) is 29.0 Å².